The van der Waals surface area contributed by atoms with Crippen LogP contribution < -0.4 is 0 Å². The van der Waals surface area contributed by atoms with Gasteiger partial charge < -0.3 is 20.0 Å². The summed E-state index contributed by atoms with van der Waals surface area (Å²) in [6, 6.07) is 1.68. The lowest BCUT2D eigenvalue weighted by Gasteiger charge is -2.51. The van der Waals surface area contributed by atoms with E-state index in [2.05, 4.69) is 15.1 Å². The molecule has 0 radical (unpaired) electrons. The number of carboxylic acids is 2. The van der Waals surface area contributed by atoms with Crippen LogP contribution in [0.3, 0.4) is 0 Å². The quantitative estimate of drug-likeness (QED) is 0.484. The van der Waals surface area contributed by atoms with Gasteiger partial charge in [0.2, 0.25) is 5.91 Å². The van der Waals surface area contributed by atoms with E-state index in [1.54, 1.807) is 12.3 Å². The number of hydrogen-bond donors (Lipinski definition) is 3. The third-order valence-electron chi connectivity index (χ3n) is 5.60. The van der Waals surface area contributed by atoms with Crippen LogP contribution in [0, 0.1) is 0 Å². The van der Waals surface area contributed by atoms with Crippen molar-refractivity contribution in [3.63, 3.8) is 0 Å². The number of carbonyl (C=O) groups is 4. The second-order valence-electron chi connectivity index (χ2n) is 7.71. The highest BCUT2D eigenvalue weighted by atomic mass is 19.4. The molecule has 17 heteroatoms. The fraction of sp³-hybridized carbons (Fsp3) is 0.632. The van der Waals surface area contributed by atoms with E-state index in [4.69, 9.17) is 19.8 Å². The summed E-state index contributed by atoms with van der Waals surface area (Å²) in [4.78, 5) is 48.9. The van der Waals surface area contributed by atoms with E-state index in [1.165, 1.54) is 0 Å². The molecular formula is C19H25F6N5O6. The average molecular weight is 533 g/mol. The maximum absolute atomic E-state index is 12.8. The Balaban J connectivity index is 0.000000383. The second-order valence-corrected chi connectivity index (χ2v) is 7.71. The van der Waals surface area contributed by atoms with E-state index in [9.17, 15) is 35.9 Å². The molecule has 0 aliphatic carbocycles. The lowest BCUT2D eigenvalue weighted by atomic mass is 9.82. The molecule has 2 amide bonds. The topological polar surface area (TPSA) is 147 Å². The maximum Gasteiger partial charge on any atom is 0.490 e. The van der Waals surface area contributed by atoms with E-state index >= 15 is 0 Å². The highest BCUT2D eigenvalue weighted by Crippen LogP contribution is 2.33. The molecular weight excluding hydrogens is 508 g/mol. The minimum absolute atomic E-state index is 0.0365. The molecule has 3 N–H and O–H groups in total. The summed E-state index contributed by atoms with van der Waals surface area (Å²) in [5, 5.41) is 20.8. The third-order valence-corrected chi connectivity index (χ3v) is 5.60. The Morgan fingerprint density at radius 2 is 1.47 bits per heavy atom. The molecule has 0 bridgehead atoms. The third kappa shape index (κ3) is 7.82. The van der Waals surface area contributed by atoms with Gasteiger partial charge in [0.25, 0.3) is 5.91 Å². The van der Waals surface area contributed by atoms with Crippen LogP contribution in [0.4, 0.5) is 26.3 Å². The van der Waals surface area contributed by atoms with E-state index in [0.717, 1.165) is 19.6 Å². The zero-order chi connectivity index (χ0) is 27.9. The molecule has 2 fully saturated rings. The Morgan fingerprint density at radius 3 is 1.83 bits per heavy atom. The van der Waals surface area contributed by atoms with Crippen molar-refractivity contribution >= 4 is 23.8 Å². The lowest BCUT2D eigenvalue weighted by molar-refractivity contribution is -0.193. The first-order valence-electron chi connectivity index (χ1n) is 10.4. The van der Waals surface area contributed by atoms with Crippen molar-refractivity contribution in [2.24, 2.45) is 0 Å². The number of alkyl halides is 6. The van der Waals surface area contributed by atoms with Gasteiger partial charge in [-0.1, -0.05) is 0 Å². The van der Waals surface area contributed by atoms with Crippen LogP contribution >= 0.6 is 0 Å². The van der Waals surface area contributed by atoms with Crippen molar-refractivity contribution in [2.45, 2.75) is 37.7 Å². The van der Waals surface area contributed by atoms with Crippen LogP contribution in [0.15, 0.2) is 12.3 Å². The number of hydrogen-bond acceptors (Lipinski definition) is 6. The number of amides is 2. The molecule has 3 rings (SSSR count). The monoisotopic (exact) mass is 533 g/mol. The Bertz CT molecular complexity index is 889. The highest BCUT2D eigenvalue weighted by Gasteiger charge is 2.49. The summed E-state index contributed by atoms with van der Waals surface area (Å²) in [5.74, 6) is -5.33. The molecule has 0 aromatic carbocycles. The Hall–Kier alpha value is -3.37. The number of H-pyrrole nitrogens is 1. The number of aromatic nitrogens is 2. The first-order valence-corrected chi connectivity index (χ1v) is 10.4. The summed E-state index contributed by atoms with van der Waals surface area (Å²) < 4.78 is 63.5. The molecule has 36 heavy (non-hydrogen) atoms. The number of piperidine rings is 1. The molecule has 204 valence electrons. The Morgan fingerprint density at radius 1 is 1.00 bits per heavy atom. The summed E-state index contributed by atoms with van der Waals surface area (Å²) >= 11 is 0. The number of likely N-dealkylation sites (tertiary alicyclic amines) is 1. The SMILES string of the molecule is CCN1CCN(C)C2(CCN(C(=O)c3ccn[nH]3)CC2)C1=O.O=C(O)C(F)(F)F.O=C(O)C(F)(F)F. The van der Waals surface area contributed by atoms with E-state index in [0.29, 0.717) is 31.6 Å². The number of likely N-dealkylation sites (N-methyl/N-ethyl adjacent to an activating group) is 2. The van der Waals surface area contributed by atoms with Gasteiger partial charge in [0.1, 0.15) is 11.2 Å². The van der Waals surface area contributed by atoms with Crippen molar-refractivity contribution in [3.05, 3.63) is 18.0 Å². The fourth-order valence-corrected chi connectivity index (χ4v) is 3.57. The highest BCUT2D eigenvalue weighted by molar-refractivity contribution is 5.93. The van der Waals surface area contributed by atoms with Gasteiger partial charge in [0.05, 0.1) is 0 Å². The molecule has 0 unspecified atom stereocenters. The molecule has 3 heterocycles. The Labute approximate surface area is 200 Å². The number of aromatic amines is 1. The predicted octanol–water partition coefficient (Wildman–Crippen LogP) is 1.44. The van der Waals surface area contributed by atoms with Crippen LogP contribution in [0.25, 0.3) is 0 Å². The molecule has 2 saturated heterocycles. The van der Waals surface area contributed by atoms with Crippen LogP contribution in [0.5, 0.6) is 0 Å². The molecule has 1 aromatic rings. The minimum Gasteiger partial charge on any atom is -0.475 e. The molecule has 2 aliphatic rings. The Kier molecular flexibility index (Phi) is 10.3. The van der Waals surface area contributed by atoms with Gasteiger partial charge in [0.15, 0.2) is 0 Å². The molecule has 1 aromatic heterocycles. The van der Waals surface area contributed by atoms with E-state index < -0.39 is 29.8 Å². The van der Waals surface area contributed by atoms with Crippen molar-refractivity contribution < 1.29 is 55.7 Å². The van der Waals surface area contributed by atoms with Crippen LogP contribution in [0.2, 0.25) is 0 Å². The molecule has 2 aliphatic heterocycles. The number of piperazine rings is 1. The van der Waals surface area contributed by atoms with Gasteiger partial charge >= 0.3 is 24.3 Å². The number of aliphatic carboxylic acids is 2. The van der Waals surface area contributed by atoms with Crippen LogP contribution in [0.1, 0.15) is 30.3 Å². The number of nitrogens with zero attached hydrogens (tertiary/aromatic N) is 4. The molecule has 11 nitrogen and oxygen atoms in total. The second kappa shape index (κ2) is 12.0. The number of carboxylic acid groups (broad SMARTS) is 2. The predicted molar refractivity (Wildman–Crippen MR) is 109 cm³/mol. The number of carbonyl (C=O) groups excluding carboxylic acids is 2. The summed E-state index contributed by atoms with van der Waals surface area (Å²) in [5.41, 5.74) is 0.0772. The molecule has 1 spiro atoms. The number of nitrogens with one attached hydrogen (secondary N) is 1. The first-order chi connectivity index (χ1) is 16.5. The number of rotatable bonds is 2. The fourth-order valence-electron chi connectivity index (χ4n) is 3.57. The normalized spacial score (nSPS) is 18.1. The lowest BCUT2D eigenvalue weighted by Crippen LogP contribution is -2.67. The summed E-state index contributed by atoms with van der Waals surface area (Å²) in [7, 11) is 2.03. The van der Waals surface area contributed by atoms with Crippen molar-refractivity contribution in [2.75, 3.05) is 39.8 Å². The summed E-state index contributed by atoms with van der Waals surface area (Å²) in [6.07, 6.45) is -7.20. The minimum atomic E-state index is -5.08. The smallest absolute Gasteiger partial charge is 0.475 e. The van der Waals surface area contributed by atoms with Crippen molar-refractivity contribution in [1.29, 1.82) is 0 Å². The molecule has 0 saturated carbocycles. The van der Waals surface area contributed by atoms with Gasteiger partial charge in [-0.15, -0.1) is 0 Å². The maximum atomic E-state index is 12.8. The largest absolute Gasteiger partial charge is 0.490 e. The van der Waals surface area contributed by atoms with Gasteiger partial charge in [-0.2, -0.15) is 31.4 Å². The van der Waals surface area contributed by atoms with Gasteiger partial charge in [-0.05, 0) is 32.9 Å². The van der Waals surface area contributed by atoms with Gasteiger partial charge in [0, 0.05) is 38.9 Å². The first kappa shape index (κ1) is 30.7. The van der Waals surface area contributed by atoms with Crippen LogP contribution in [-0.2, 0) is 14.4 Å². The van der Waals surface area contributed by atoms with Crippen molar-refractivity contribution in [3.8, 4) is 0 Å². The van der Waals surface area contributed by atoms with E-state index in [-0.39, 0.29) is 11.8 Å². The van der Waals surface area contributed by atoms with Gasteiger partial charge in [-0.3, -0.25) is 19.6 Å². The number of halogens is 6. The summed E-state index contributed by atoms with van der Waals surface area (Å²) in [6.45, 7) is 5.68. The zero-order valence-electron chi connectivity index (χ0n) is 19.2. The standard InChI is InChI=1S/C15H23N5O2.2C2HF3O2/c1-3-19-11-10-18(2)15(14(19)22)5-8-20(9-6-15)13(21)12-4-7-16-17-12;2*3-2(4,5)1(6)7/h4,7H,3,5-6,8-11H2,1-2H3,(H,16,17);2*(H,6,7). The van der Waals surface area contributed by atoms with Gasteiger partial charge in [-0.25, -0.2) is 9.59 Å². The zero-order valence-corrected chi connectivity index (χ0v) is 19.2. The van der Waals surface area contributed by atoms with Crippen LogP contribution in [-0.4, -0.2) is 117 Å². The van der Waals surface area contributed by atoms with E-state index in [1.807, 2.05) is 23.8 Å². The molecule has 0 atom stereocenters. The average Bonchev–Trinajstić information content (AvgIpc) is 3.32. The van der Waals surface area contributed by atoms with Crippen molar-refractivity contribution in [1.82, 2.24) is 24.9 Å².